The van der Waals surface area contributed by atoms with Gasteiger partial charge in [-0.3, -0.25) is 4.79 Å². The highest BCUT2D eigenvalue weighted by Crippen LogP contribution is 2.27. The maximum absolute atomic E-state index is 13.1. The zero-order valence-electron chi connectivity index (χ0n) is 17.6. The summed E-state index contributed by atoms with van der Waals surface area (Å²) >= 11 is 0. The predicted octanol–water partition coefficient (Wildman–Crippen LogP) is 3.05. The van der Waals surface area contributed by atoms with E-state index in [0.29, 0.717) is 30.5 Å². The molecule has 1 heterocycles. The van der Waals surface area contributed by atoms with Crippen LogP contribution >= 0.6 is 0 Å². The van der Waals surface area contributed by atoms with Crippen molar-refractivity contribution in [2.45, 2.75) is 31.2 Å². The second kappa shape index (κ2) is 9.49. The Morgan fingerprint density at radius 1 is 1.07 bits per heavy atom. The van der Waals surface area contributed by atoms with Gasteiger partial charge in [-0.1, -0.05) is 25.1 Å². The number of rotatable bonds is 7. The number of hydrogen-bond donors (Lipinski definition) is 1. The quantitative estimate of drug-likeness (QED) is 0.727. The van der Waals surface area contributed by atoms with Crippen molar-refractivity contribution in [2.24, 2.45) is 5.92 Å². The molecule has 0 bridgehead atoms. The van der Waals surface area contributed by atoms with Crippen LogP contribution in [0.2, 0.25) is 0 Å². The fourth-order valence-corrected chi connectivity index (χ4v) is 5.02. The maximum Gasteiger partial charge on any atom is 0.255 e. The molecule has 1 N–H and O–H groups in total. The number of hydrogen-bond acceptors (Lipinski definition) is 5. The van der Waals surface area contributed by atoms with Gasteiger partial charge in [-0.05, 0) is 43.0 Å². The predicted molar refractivity (Wildman–Crippen MR) is 114 cm³/mol. The van der Waals surface area contributed by atoms with E-state index in [2.05, 4.69) is 12.2 Å². The summed E-state index contributed by atoms with van der Waals surface area (Å²) in [6.07, 6.45) is 1.67. The lowest BCUT2D eigenvalue weighted by Gasteiger charge is -2.29. The molecule has 0 saturated carbocycles. The van der Waals surface area contributed by atoms with Gasteiger partial charge in [0.05, 0.1) is 24.7 Å². The Morgan fingerprint density at radius 3 is 2.40 bits per heavy atom. The normalized spacial score (nSPS) is 15.6. The van der Waals surface area contributed by atoms with Crippen molar-refractivity contribution in [1.82, 2.24) is 9.62 Å². The van der Waals surface area contributed by atoms with Gasteiger partial charge in [-0.25, -0.2) is 8.42 Å². The van der Waals surface area contributed by atoms with E-state index in [1.54, 1.807) is 7.11 Å². The minimum atomic E-state index is -3.67. The smallest absolute Gasteiger partial charge is 0.255 e. The first-order chi connectivity index (χ1) is 14.4. The minimum absolute atomic E-state index is 0.0975. The summed E-state index contributed by atoms with van der Waals surface area (Å²) in [6.45, 7) is 3.35. The van der Waals surface area contributed by atoms with Gasteiger partial charge < -0.3 is 14.8 Å². The number of nitrogens with zero attached hydrogens (tertiary/aromatic N) is 1. The SMILES string of the molecule is COc1ccccc1CNC(=O)c1cc(S(=O)(=O)N2CCC(C)CC2)ccc1OC. The molecule has 0 aromatic heterocycles. The van der Waals surface area contributed by atoms with Gasteiger partial charge in [0, 0.05) is 25.2 Å². The molecule has 8 heteroatoms. The Kier molecular flexibility index (Phi) is 6.99. The van der Waals surface area contributed by atoms with Gasteiger partial charge in [0.15, 0.2) is 0 Å². The Balaban J connectivity index is 1.82. The van der Waals surface area contributed by atoms with Crippen molar-refractivity contribution in [2.75, 3.05) is 27.3 Å². The Morgan fingerprint density at radius 2 is 1.73 bits per heavy atom. The van der Waals surface area contributed by atoms with E-state index in [-0.39, 0.29) is 17.0 Å². The monoisotopic (exact) mass is 432 g/mol. The number of benzene rings is 2. The number of nitrogens with one attached hydrogen (secondary N) is 1. The molecule has 1 fully saturated rings. The van der Waals surface area contributed by atoms with Crippen LogP contribution in [0, 0.1) is 5.92 Å². The fraction of sp³-hybridized carbons (Fsp3) is 0.409. The number of ether oxygens (including phenoxy) is 2. The summed E-state index contributed by atoms with van der Waals surface area (Å²) in [4.78, 5) is 13.0. The summed E-state index contributed by atoms with van der Waals surface area (Å²) in [7, 11) is -0.647. The van der Waals surface area contributed by atoms with E-state index in [0.717, 1.165) is 18.4 Å². The second-order valence-electron chi connectivity index (χ2n) is 7.44. The fourth-order valence-electron chi connectivity index (χ4n) is 3.52. The van der Waals surface area contributed by atoms with Crippen LogP contribution in [-0.2, 0) is 16.6 Å². The molecule has 0 atom stereocenters. The summed E-state index contributed by atoms with van der Waals surface area (Å²) in [5.41, 5.74) is 0.998. The van der Waals surface area contributed by atoms with Crippen molar-refractivity contribution in [1.29, 1.82) is 0 Å². The van der Waals surface area contributed by atoms with Gasteiger partial charge in [-0.15, -0.1) is 0 Å². The average Bonchev–Trinajstić information content (AvgIpc) is 2.77. The number of para-hydroxylation sites is 1. The average molecular weight is 433 g/mol. The molecule has 0 aliphatic carbocycles. The molecule has 0 unspecified atom stereocenters. The number of carbonyl (C=O) groups is 1. The molecule has 162 valence electrons. The van der Waals surface area contributed by atoms with E-state index in [9.17, 15) is 13.2 Å². The van der Waals surface area contributed by atoms with Crippen LogP contribution in [0.3, 0.4) is 0 Å². The molecule has 1 amide bonds. The second-order valence-corrected chi connectivity index (χ2v) is 9.38. The number of methoxy groups -OCH3 is 2. The molecule has 7 nitrogen and oxygen atoms in total. The van der Waals surface area contributed by atoms with Crippen LogP contribution in [0.1, 0.15) is 35.7 Å². The Hall–Kier alpha value is -2.58. The van der Waals surface area contributed by atoms with Crippen molar-refractivity contribution in [3.05, 3.63) is 53.6 Å². The van der Waals surface area contributed by atoms with Crippen molar-refractivity contribution in [3.8, 4) is 11.5 Å². The van der Waals surface area contributed by atoms with Gasteiger partial charge >= 0.3 is 0 Å². The lowest BCUT2D eigenvalue weighted by molar-refractivity contribution is 0.0947. The van der Waals surface area contributed by atoms with Gasteiger partial charge in [-0.2, -0.15) is 4.31 Å². The van der Waals surface area contributed by atoms with Crippen molar-refractivity contribution >= 4 is 15.9 Å². The molecule has 1 aliphatic heterocycles. The summed E-state index contributed by atoms with van der Waals surface area (Å²) < 4.78 is 38.2. The first kappa shape index (κ1) is 22.1. The highest BCUT2D eigenvalue weighted by molar-refractivity contribution is 7.89. The molecule has 1 aliphatic rings. The van der Waals surface area contributed by atoms with E-state index >= 15 is 0 Å². The third kappa shape index (κ3) is 4.76. The maximum atomic E-state index is 13.1. The van der Waals surface area contributed by atoms with Crippen LogP contribution in [0.4, 0.5) is 0 Å². The number of amides is 1. The van der Waals surface area contributed by atoms with Crippen LogP contribution in [0.15, 0.2) is 47.4 Å². The van der Waals surface area contributed by atoms with E-state index < -0.39 is 15.9 Å². The minimum Gasteiger partial charge on any atom is -0.496 e. The molecular formula is C22H28N2O5S. The van der Waals surface area contributed by atoms with Gasteiger partial charge in [0.1, 0.15) is 11.5 Å². The summed E-state index contributed by atoms with van der Waals surface area (Å²) in [6, 6.07) is 11.8. The van der Waals surface area contributed by atoms with Crippen LogP contribution in [0.5, 0.6) is 11.5 Å². The topological polar surface area (TPSA) is 84.9 Å². The van der Waals surface area contributed by atoms with E-state index in [1.807, 2.05) is 24.3 Å². The molecule has 3 rings (SSSR count). The molecular weight excluding hydrogens is 404 g/mol. The third-order valence-electron chi connectivity index (χ3n) is 5.43. The molecule has 0 spiro atoms. The number of carbonyl (C=O) groups excluding carboxylic acids is 1. The molecule has 2 aromatic carbocycles. The van der Waals surface area contributed by atoms with Crippen LogP contribution in [0.25, 0.3) is 0 Å². The summed E-state index contributed by atoms with van der Waals surface area (Å²) in [5.74, 6) is 1.09. The Bertz CT molecular complexity index is 998. The lowest BCUT2D eigenvalue weighted by atomic mass is 10.0. The molecule has 2 aromatic rings. The van der Waals surface area contributed by atoms with Gasteiger partial charge in [0.25, 0.3) is 5.91 Å². The van der Waals surface area contributed by atoms with Crippen molar-refractivity contribution in [3.63, 3.8) is 0 Å². The first-order valence-corrected chi connectivity index (χ1v) is 11.4. The summed E-state index contributed by atoms with van der Waals surface area (Å²) in [5, 5.41) is 2.82. The molecule has 1 saturated heterocycles. The van der Waals surface area contributed by atoms with Gasteiger partial charge in [0.2, 0.25) is 10.0 Å². The number of sulfonamides is 1. The third-order valence-corrected chi connectivity index (χ3v) is 7.32. The zero-order chi connectivity index (χ0) is 21.7. The largest absolute Gasteiger partial charge is 0.496 e. The van der Waals surface area contributed by atoms with Crippen molar-refractivity contribution < 1.29 is 22.7 Å². The highest BCUT2D eigenvalue weighted by atomic mass is 32.2. The first-order valence-electron chi connectivity index (χ1n) is 9.95. The molecule has 30 heavy (non-hydrogen) atoms. The standard InChI is InChI=1S/C22H28N2O5S/c1-16-10-12-24(13-11-16)30(26,27)18-8-9-21(29-3)19(14-18)22(25)23-15-17-6-4-5-7-20(17)28-2/h4-9,14,16H,10-13,15H2,1-3H3,(H,23,25). The highest BCUT2D eigenvalue weighted by Gasteiger charge is 2.29. The Labute approximate surface area is 178 Å². The van der Waals surface area contributed by atoms with E-state index in [4.69, 9.17) is 9.47 Å². The van der Waals surface area contributed by atoms with Crippen LogP contribution in [-0.4, -0.2) is 45.9 Å². The van der Waals surface area contributed by atoms with Crippen LogP contribution < -0.4 is 14.8 Å². The number of piperidine rings is 1. The lowest BCUT2D eigenvalue weighted by Crippen LogP contribution is -2.38. The zero-order valence-corrected chi connectivity index (χ0v) is 18.4. The van der Waals surface area contributed by atoms with E-state index in [1.165, 1.54) is 29.6 Å². The molecule has 0 radical (unpaired) electrons.